The van der Waals surface area contributed by atoms with Gasteiger partial charge in [-0.25, -0.2) is 0 Å². The Morgan fingerprint density at radius 2 is 1.68 bits per heavy atom. The summed E-state index contributed by atoms with van der Waals surface area (Å²) in [6.07, 6.45) is 2.03. The molecule has 0 radical (unpaired) electrons. The van der Waals surface area contributed by atoms with Gasteiger partial charge in [-0.1, -0.05) is 27.7 Å². The molecule has 1 rings (SSSR count). The number of hydrogen-bond acceptors (Lipinski definition) is 3. The van der Waals surface area contributed by atoms with E-state index in [1.54, 1.807) is 0 Å². The molecule has 1 saturated heterocycles. The molecule has 22 heavy (non-hydrogen) atoms. The van der Waals surface area contributed by atoms with Crippen LogP contribution >= 0.6 is 0 Å². The quantitative estimate of drug-likeness (QED) is 0.700. The van der Waals surface area contributed by atoms with Crippen molar-refractivity contribution >= 4 is 16.2 Å². The second kappa shape index (κ2) is 8.26. The molecular formula is C15H30N2O4S. The summed E-state index contributed by atoms with van der Waals surface area (Å²) in [7, 11) is -3.56. The second-order valence-corrected chi connectivity index (χ2v) is 8.88. The van der Waals surface area contributed by atoms with E-state index in [0.717, 1.165) is 12.8 Å². The molecule has 7 heteroatoms. The topological polar surface area (TPSA) is 77.9 Å². The Kier molecular flexibility index (Phi) is 7.28. The summed E-state index contributed by atoms with van der Waals surface area (Å²) in [5.74, 6) is -0.621. The van der Waals surface area contributed by atoms with Crippen LogP contribution in [-0.2, 0) is 15.0 Å². The minimum atomic E-state index is -3.56. The van der Waals surface area contributed by atoms with E-state index in [1.807, 2.05) is 0 Å². The zero-order chi connectivity index (χ0) is 16.9. The molecule has 130 valence electrons. The van der Waals surface area contributed by atoms with Crippen LogP contribution < -0.4 is 0 Å². The van der Waals surface area contributed by atoms with Crippen molar-refractivity contribution in [3.8, 4) is 0 Å². The van der Waals surface area contributed by atoms with E-state index in [2.05, 4.69) is 27.7 Å². The van der Waals surface area contributed by atoms with Gasteiger partial charge < -0.3 is 5.11 Å². The molecule has 1 unspecified atom stereocenters. The molecule has 0 amide bonds. The van der Waals surface area contributed by atoms with Crippen LogP contribution in [0.2, 0.25) is 0 Å². The SMILES string of the molecule is CC(C)CCN(CCC(C)C)S(=O)(=O)N1CCC(C(=O)O)C1. The summed E-state index contributed by atoms with van der Waals surface area (Å²) >= 11 is 0. The third kappa shape index (κ3) is 5.52. The normalized spacial score (nSPS) is 20.4. The lowest BCUT2D eigenvalue weighted by Gasteiger charge is -2.28. The van der Waals surface area contributed by atoms with Crippen molar-refractivity contribution in [3.63, 3.8) is 0 Å². The first-order valence-corrected chi connectivity index (χ1v) is 9.52. The van der Waals surface area contributed by atoms with E-state index in [1.165, 1.54) is 8.61 Å². The standard InChI is InChI=1S/C15H30N2O4S/c1-12(2)5-8-16(9-6-13(3)4)22(20,21)17-10-7-14(11-17)15(18)19/h12-14H,5-11H2,1-4H3,(H,18,19). The zero-order valence-electron chi connectivity index (χ0n) is 14.2. The van der Waals surface area contributed by atoms with Crippen molar-refractivity contribution in [2.75, 3.05) is 26.2 Å². The van der Waals surface area contributed by atoms with Gasteiger partial charge in [0.15, 0.2) is 0 Å². The van der Waals surface area contributed by atoms with Crippen LogP contribution in [0.1, 0.15) is 47.0 Å². The van der Waals surface area contributed by atoms with Gasteiger partial charge in [-0.2, -0.15) is 17.0 Å². The highest BCUT2D eigenvalue weighted by Crippen LogP contribution is 2.23. The molecule has 1 fully saturated rings. The van der Waals surface area contributed by atoms with Gasteiger partial charge in [0.1, 0.15) is 0 Å². The van der Waals surface area contributed by atoms with Crippen molar-refractivity contribution in [2.24, 2.45) is 17.8 Å². The fraction of sp³-hybridized carbons (Fsp3) is 0.933. The van der Waals surface area contributed by atoms with Gasteiger partial charge in [-0.3, -0.25) is 4.79 Å². The first-order valence-electron chi connectivity index (χ1n) is 8.12. The van der Waals surface area contributed by atoms with Gasteiger partial charge >= 0.3 is 5.97 Å². The highest BCUT2D eigenvalue weighted by molar-refractivity contribution is 7.86. The van der Waals surface area contributed by atoms with Crippen molar-refractivity contribution in [3.05, 3.63) is 0 Å². The lowest BCUT2D eigenvalue weighted by Crippen LogP contribution is -2.44. The minimum Gasteiger partial charge on any atom is -0.481 e. The van der Waals surface area contributed by atoms with E-state index in [0.29, 0.717) is 37.9 Å². The number of nitrogens with zero attached hydrogens (tertiary/aromatic N) is 2. The molecule has 0 bridgehead atoms. The predicted molar refractivity (Wildman–Crippen MR) is 86.7 cm³/mol. The number of carboxylic acid groups (broad SMARTS) is 1. The molecule has 0 aromatic rings. The summed E-state index contributed by atoms with van der Waals surface area (Å²) < 4.78 is 28.4. The predicted octanol–water partition coefficient (Wildman–Crippen LogP) is 2.03. The Labute approximate surface area is 134 Å². The molecule has 1 atom stereocenters. The number of aliphatic carboxylic acids is 1. The smallest absolute Gasteiger partial charge is 0.307 e. The molecule has 6 nitrogen and oxygen atoms in total. The number of rotatable bonds is 9. The maximum atomic E-state index is 12.8. The van der Waals surface area contributed by atoms with Gasteiger partial charge in [-0.05, 0) is 31.1 Å². The van der Waals surface area contributed by atoms with E-state index in [4.69, 9.17) is 5.11 Å². The van der Waals surface area contributed by atoms with Crippen LogP contribution in [0.5, 0.6) is 0 Å². The van der Waals surface area contributed by atoms with E-state index >= 15 is 0 Å². The largest absolute Gasteiger partial charge is 0.481 e. The Morgan fingerprint density at radius 3 is 2.05 bits per heavy atom. The van der Waals surface area contributed by atoms with Crippen molar-refractivity contribution in [1.29, 1.82) is 0 Å². The molecular weight excluding hydrogens is 304 g/mol. The van der Waals surface area contributed by atoms with Gasteiger partial charge in [0.05, 0.1) is 5.92 Å². The van der Waals surface area contributed by atoms with Gasteiger partial charge in [0.2, 0.25) is 0 Å². The average molecular weight is 334 g/mol. The van der Waals surface area contributed by atoms with Crippen LogP contribution in [0, 0.1) is 17.8 Å². The summed E-state index contributed by atoms with van der Waals surface area (Å²) in [5.41, 5.74) is 0. The number of carbonyl (C=O) groups is 1. The molecule has 1 N–H and O–H groups in total. The third-order valence-corrected chi connectivity index (χ3v) is 6.07. The Hall–Kier alpha value is -0.660. The molecule has 0 spiro atoms. The fourth-order valence-corrected chi connectivity index (χ4v) is 4.15. The lowest BCUT2D eigenvalue weighted by molar-refractivity contribution is -0.141. The van der Waals surface area contributed by atoms with Crippen molar-refractivity contribution in [1.82, 2.24) is 8.61 Å². The van der Waals surface area contributed by atoms with E-state index in [9.17, 15) is 13.2 Å². The Morgan fingerprint density at radius 1 is 1.18 bits per heavy atom. The number of hydrogen-bond donors (Lipinski definition) is 1. The monoisotopic (exact) mass is 334 g/mol. The Bertz CT molecular complexity index is 450. The first kappa shape index (κ1) is 19.4. The van der Waals surface area contributed by atoms with Gasteiger partial charge in [0.25, 0.3) is 10.2 Å². The summed E-state index contributed by atoms with van der Waals surface area (Å²) in [6, 6.07) is 0. The maximum absolute atomic E-state index is 12.8. The lowest BCUT2D eigenvalue weighted by atomic mass is 10.1. The van der Waals surface area contributed by atoms with Gasteiger partial charge in [0, 0.05) is 26.2 Å². The summed E-state index contributed by atoms with van der Waals surface area (Å²) in [4.78, 5) is 11.0. The maximum Gasteiger partial charge on any atom is 0.307 e. The molecule has 1 heterocycles. The zero-order valence-corrected chi connectivity index (χ0v) is 15.0. The Balaban J connectivity index is 2.79. The van der Waals surface area contributed by atoms with E-state index in [-0.39, 0.29) is 6.54 Å². The fourth-order valence-electron chi connectivity index (χ4n) is 2.45. The highest BCUT2D eigenvalue weighted by atomic mass is 32.2. The average Bonchev–Trinajstić information content (AvgIpc) is 2.87. The molecule has 0 aliphatic carbocycles. The van der Waals surface area contributed by atoms with Gasteiger partial charge in [-0.15, -0.1) is 0 Å². The summed E-state index contributed by atoms with van der Waals surface area (Å²) in [5, 5.41) is 9.05. The first-order chi connectivity index (χ1) is 10.1. The third-order valence-electron chi connectivity index (χ3n) is 4.06. The van der Waals surface area contributed by atoms with Crippen LogP contribution in [0.3, 0.4) is 0 Å². The van der Waals surface area contributed by atoms with Crippen LogP contribution in [0.4, 0.5) is 0 Å². The molecule has 1 aliphatic heterocycles. The molecule has 0 saturated carbocycles. The second-order valence-electron chi connectivity index (χ2n) is 6.95. The summed E-state index contributed by atoms with van der Waals surface area (Å²) in [6.45, 7) is 9.69. The van der Waals surface area contributed by atoms with Crippen molar-refractivity contribution in [2.45, 2.75) is 47.0 Å². The minimum absolute atomic E-state index is 0.0948. The highest BCUT2D eigenvalue weighted by Gasteiger charge is 2.37. The van der Waals surface area contributed by atoms with Crippen LogP contribution in [0.15, 0.2) is 0 Å². The molecule has 0 aromatic carbocycles. The number of carboxylic acids is 1. The molecule has 0 aromatic heterocycles. The van der Waals surface area contributed by atoms with Crippen molar-refractivity contribution < 1.29 is 18.3 Å². The van der Waals surface area contributed by atoms with Crippen LogP contribution in [-0.4, -0.2) is 54.3 Å². The molecule has 1 aliphatic rings. The van der Waals surface area contributed by atoms with Crippen LogP contribution in [0.25, 0.3) is 0 Å². The van der Waals surface area contributed by atoms with E-state index < -0.39 is 22.1 Å².